The van der Waals surface area contributed by atoms with Crippen molar-refractivity contribution in [3.8, 4) is 5.75 Å². The van der Waals surface area contributed by atoms with Crippen LogP contribution in [0.1, 0.15) is 10.4 Å². The smallest absolute Gasteiger partial charge is 0.255 e. The molecule has 110 valence electrons. The number of aromatic nitrogens is 1. The molecule has 2 rings (SSSR count). The van der Waals surface area contributed by atoms with Crippen molar-refractivity contribution in [1.82, 2.24) is 4.98 Å². The molecular formula is C15H15ClN2O3. The average molecular weight is 307 g/mol. The molecule has 1 aromatic carbocycles. The molecule has 0 fully saturated rings. The summed E-state index contributed by atoms with van der Waals surface area (Å²) in [6, 6.07) is 10.2. The molecule has 0 saturated carbocycles. The Morgan fingerprint density at radius 2 is 2.14 bits per heavy atom. The molecule has 0 aliphatic rings. The SMILES string of the molecule is COCCOc1cccc(C(=O)Nc2ccc(Cl)nc2)c1. The minimum Gasteiger partial charge on any atom is -0.491 e. The molecule has 2 aromatic rings. The van der Waals surface area contributed by atoms with Crippen molar-refractivity contribution >= 4 is 23.2 Å². The number of hydrogen-bond acceptors (Lipinski definition) is 4. The molecule has 0 bridgehead atoms. The van der Waals surface area contributed by atoms with Gasteiger partial charge in [0.05, 0.1) is 18.5 Å². The lowest BCUT2D eigenvalue weighted by Crippen LogP contribution is -2.12. The van der Waals surface area contributed by atoms with Crippen LogP contribution in [0.5, 0.6) is 5.75 Å². The summed E-state index contributed by atoms with van der Waals surface area (Å²) in [7, 11) is 1.60. The monoisotopic (exact) mass is 306 g/mol. The number of nitrogens with zero attached hydrogens (tertiary/aromatic N) is 1. The van der Waals surface area contributed by atoms with Crippen LogP contribution in [0, 0.1) is 0 Å². The van der Waals surface area contributed by atoms with Crippen molar-refractivity contribution in [1.29, 1.82) is 0 Å². The minimum absolute atomic E-state index is 0.240. The van der Waals surface area contributed by atoms with Gasteiger partial charge in [0.15, 0.2) is 0 Å². The average Bonchev–Trinajstić information content (AvgIpc) is 2.50. The second-order valence-corrected chi connectivity index (χ2v) is 4.58. The summed E-state index contributed by atoms with van der Waals surface area (Å²) >= 11 is 5.70. The van der Waals surface area contributed by atoms with Gasteiger partial charge in [0, 0.05) is 12.7 Å². The third-order valence-corrected chi connectivity index (χ3v) is 2.86. The van der Waals surface area contributed by atoms with Crippen molar-refractivity contribution in [3.63, 3.8) is 0 Å². The lowest BCUT2D eigenvalue weighted by atomic mass is 10.2. The van der Waals surface area contributed by atoms with Crippen molar-refractivity contribution in [2.24, 2.45) is 0 Å². The van der Waals surface area contributed by atoms with Gasteiger partial charge in [-0.2, -0.15) is 0 Å². The van der Waals surface area contributed by atoms with Crippen molar-refractivity contribution in [3.05, 3.63) is 53.3 Å². The summed E-state index contributed by atoms with van der Waals surface area (Å²) in [6.07, 6.45) is 1.50. The predicted octanol–water partition coefficient (Wildman–Crippen LogP) is 3.01. The highest BCUT2D eigenvalue weighted by Gasteiger charge is 2.07. The third kappa shape index (κ3) is 4.73. The van der Waals surface area contributed by atoms with E-state index in [-0.39, 0.29) is 5.91 Å². The van der Waals surface area contributed by atoms with Crippen LogP contribution in [0.15, 0.2) is 42.6 Å². The Balaban J connectivity index is 2.01. The maximum atomic E-state index is 12.1. The lowest BCUT2D eigenvalue weighted by molar-refractivity contribution is 0.102. The molecular weight excluding hydrogens is 292 g/mol. The van der Waals surface area contributed by atoms with Crippen LogP contribution in [0.3, 0.4) is 0 Å². The van der Waals surface area contributed by atoms with E-state index in [1.165, 1.54) is 6.20 Å². The Labute approximate surface area is 127 Å². The van der Waals surface area contributed by atoms with Crippen molar-refractivity contribution < 1.29 is 14.3 Å². The second kappa shape index (κ2) is 7.61. The summed E-state index contributed by atoms with van der Waals surface area (Å²) in [4.78, 5) is 16.0. The van der Waals surface area contributed by atoms with Gasteiger partial charge < -0.3 is 14.8 Å². The van der Waals surface area contributed by atoms with Gasteiger partial charge in [-0.1, -0.05) is 17.7 Å². The van der Waals surface area contributed by atoms with Gasteiger partial charge in [-0.05, 0) is 30.3 Å². The first-order valence-corrected chi connectivity index (χ1v) is 6.71. The summed E-state index contributed by atoms with van der Waals surface area (Å²) in [5.41, 5.74) is 1.08. The highest BCUT2D eigenvalue weighted by Crippen LogP contribution is 2.16. The molecule has 1 amide bonds. The first-order valence-electron chi connectivity index (χ1n) is 6.34. The predicted molar refractivity (Wildman–Crippen MR) is 81.0 cm³/mol. The van der Waals surface area contributed by atoms with Crippen LogP contribution in [-0.4, -0.2) is 31.2 Å². The fraction of sp³-hybridized carbons (Fsp3) is 0.200. The Morgan fingerprint density at radius 3 is 2.86 bits per heavy atom. The Kier molecular flexibility index (Phi) is 5.54. The van der Waals surface area contributed by atoms with Crippen LogP contribution < -0.4 is 10.1 Å². The molecule has 5 nitrogen and oxygen atoms in total. The van der Waals surface area contributed by atoms with Crippen LogP contribution in [0.25, 0.3) is 0 Å². The number of carbonyl (C=O) groups excluding carboxylic acids is 1. The fourth-order valence-corrected chi connectivity index (χ4v) is 1.73. The van der Waals surface area contributed by atoms with Gasteiger partial charge in [-0.25, -0.2) is 4.98 Å². The summed E-state index contributed by atoms with van der Waals surface area (Å²) in [6.45, 7) is 0.926. The zero-order chi connectivity index (χ0) is 15.1. The molecule has 0 aliphatic heterocycles. The largest absolute Gasteiger partial charge is 0.491 e. The molecule has 0 spiro atoms. The number of methoxy groups -OCH3 is 1. The molecule has 0 radical (unpaired) electrons. The molecule has 1 heterocycles. The van der Waals surface area contributed by atoms with Gasteiger partial charge in [0.1, 0.15) is 17.5 Å². The van der Waals surface area contributed by atoms with Gasteiger partial charge in [-0.3, -0.25) is 4.79 Å². The molecule has 0 aliphatic carbocycles. The fourth-order valence-electron chi connectivity index (χ4n) is 1.62. The molecule has 1 N–H and O–H groups in total. The number of anilines is 1. The van der Waals surface area contributed by atoms with Crippen LogP contribution in [0.2, 0.25) is 5.15 Å². The number of carbonyl (C=O) groups is 1. The van der Waals surface area contributed by atoms with E-state index in [2.05, 4.69) is 10.3 Å². The first-order chi connectivity index (χ1) is 10.2. The molecule has 0 atom stereocenters. The first kappa shape index (κ1) is 15.3. The zero-order valence-corrected chi connectivity index (χ0v) is 12.3. The number of rotatable bonds is 6. The highest BCUT2D eigenvalue weighted by atomic mass is 35.5. The van der Waals surface area contributed by atoms with Crippen LogP contribution in [-0.2, 0) is 4.74 Å². The number of amides is 1. The van der Waals surface area contributed by atoms with E-state index >= 15 is 0 Å². The molecule has 21 heavy (non-hydrogen) atoms. The lowest BCUT2D eigenvalue weighted by Gasteiger charge is -2.08. The zero-order valence-electron chi connectivity index (χ0n) is 11.5. The Bertz CT molecular complexity index is 602. The quantitative estimate of drug-likeness (QED) is 0.658. The number of hydrogen-bond donors (Lipinski definition) is 1. The standard InChI is InChI=1S/C15H15ClN2O3/c1-20-7-8-21-13-4-2-3-11(9-13)15(19)18-12-5-6-14(16)17-10-12/h2-6,9-10H,7-8H2,1H3,(H,18,19). The summed E-state index contributed by atoms with van der Waals surface area (Å²) in [5.74, 6) is 0.380. The molecule has 1 aromatic heterocycles. The Hall–Kier alpha value is -2.11. The van der Waals surface area contributed by atoms with Gasteiger partial charge in [0.25, 0.3) is 5.91 Å². The minimum atomic E-state index is -0.240. The van der Waals surface area contributed by atoms with Crippen molar-refractivity contribution in [2.45, 2.75) is 0 Å². The molecule has 6 heteroatoms. The second-order valence-electron chi connectivity index (χ2n) is 4.19. The number of pyridine rings is 1. The van der Waals surface area contributed by atoms with Crippen LogP contribution in [0.4, 0.5) is 5.69 Å². The molecule has 0 unspecified atom stereocenters. The summed E-state index contributed by atoms with van der Waals surface area (Å²) < 4.78 is 10.4. The summed E-state index contributed by atoms with van der Waals surface area (Å²) in [5, 5.41) is 3.12. The maximum Gasteiger partial charge on any atom is 0.255 e. The van der Waals surface area contributed by atoms with Gasteiger partial charge in [0.2, 0.25) is 0 Å². The number of nitrogens with one attached hydrogen (secondary N) is 1. The number of ether oxygens (including phenoxy) is 2. The van der Waals surface area contributed by atoms with Gasteiger partial charge >= 0.3 is 0 Å². The van der Waals surface area contributed by atoms with E-state index in [1.807, 2.05) is 0 Å². The number of halogens is 1. The van der Waals surface area contributed by atoms with E-state index in [4.69, 9.17) is 21.1 Å². The van der Waals surface area contributed by atoms with E-state index in [9.17, 15) is 4.79 Å². The molecule has 0 saturated heterocycles. The van der Waals surface area contributed by atoms with Gasteiger partial charge in [-0.15, -0.1) is 0 Å². The highest BCUT2D eigenvalue weighted by molar-refractivity contribution is 6.29. The van der Waals surface area contributed by atoms with Crippen LogP contribution >= 0.6 is 11.6 Å². The maximum absolute atomic E-state index is 12.1. The topological polar surface area (TPSA) is 60.5 Å². The normalized spacial score (nSPS) is 10.2. The van der Waals surface area contributed by atoms with E-state index in [0.717, 1.165) is 0 Å². The van der Waals surface area contributed by atoms with Crippen molar-refractivity contribution in [2.75, 3.05) is 25.6 Å². The third-order valence-electron chi connectivity index (χ3n) is 2.64. The van der Waals surface area contributed by atoms with E-state index < -0.39 is 0 Å². The van der Waals surface area contributed by atoms with E-state index in [0.29, 0.717) is 35.4 Å². The number of benzene rings is 1. The Morgan fingerprint density at radius 1 is 1.29 bits per heavy atom. The van der Waals surface area contributed by atoms with E-state index in [1.54, 1.807) is 43.5 Å².